The number of carbonyl (C=O) groups is 1. The molecular weight excluding hydrogens is 476 g/mol. The van der Waals surface area contributed by atoms with E-state index in [0.717, 1.165) is 44.1 Å². The molecule has 1 amide bonds. The zero-order valence-electron chi connectivity index (χ0n) is 18.4. The predicted octanol–water partition coefficient (Wildman–Crippen LogP) is 5.02. The monoisotopic (exact) mass is 495 g/mol. The molecule has 1 fully saturated rings. The van der Waals surface area contributed by atoms with Crippen LogP contribution in [0.5, 0.6) is 11.5 Å². The molecule has 35 heavy (non-hydrogen) atoms. The molecule has 2 heterocycles. The molecule has 0 aliphatic carbocycles. The van der Waals surface area contributed by atoms with E-state index in [1.807, 2.05) is 0 Å². The van der Waals surface area contributed by atoms with Crippen LogP contribution in [-0.2, 0) is 0 Å². The Balaban J connectivity index is 1.31. The molecule has 0 saturated carbocycles. The molecule has 1 aromatic heterocycles. The summed E-state index contributed by atoms with van der Waals surface area (Å²) in [5, 5.41) is 5.74. The minimum atomic E-state index is -0.714. The van der Waals surface area contributed by atoms with Crippen molar-refractivity contribution in [3.05, 3.63) is 83.0 Å². The van der Waals surface area contributed by atoms with Crippen LogP contribution in [0.25, 0.3) is 11.0 Å². The summed E-state index contributed by atoms with van der Waals surface area (Å²) in [7, 11) is 0. The second kappa shape index (κ2) is 9.81. The van der Waals surface area contributed by atoms with Gasteiger partial charge in [0, 0.05) is 49.6 Å². The van der Waals surface area contributed by atoms with Gasteiger partial charge in [-0.05, 0) is 42.5 Å². The van der Waals surface area contributed by atoms with Gasteiger partial charge in [-0.15, -0.1) is 0 Å². The van der Waals surface area contributed by atoms with Gasteiger partial charge in [0.05, 0.1) is 22.3 Å². The maximum absolute atomic E-state index is 14.7. The first-order valence-electron chi connectivity index (χ1n) is 10.9. The predicted molar refractivity (Wildman–Crippen MR) is 130 cm³/mol. The van der Waals surface area contributed by atoms with Gasteiger partial charge < -0.3 is 20.3 Å². The summed E-state index contributed by atoms with van der Waals surface area (Å²) in [6.07, 6.45) is 1.75. The summed E-state index contributed by atoms with van der Waals surface area (Å²) in [6, 6.07) is 12.9. The van der Waals surface area contributed by atoms with Gasteiger partial charge in [-0.2, -0.15) is 0 Å². The second-order valence-corrected chi connectivity index (χ2v) is 8.35. The number of piperazine rings is 1. The molecule has 0 unspecified atom stereocenters. The Morgan fingerprint density at radius 1 is 1.00 bits per heavy atom. The van der Waals surface area contributed by atoms with E-state index in [9.17, 15) is 13.6 Å². The molecule has 0 radical (unpaired) electrons. The minimum absolute atomic E-state index is 0.0221. The van der Waals surface area contributed by atoms with Crippen molar-refractivity contribution >= 4 is 40.0 Å². The summed E-state index contributed by atoms with van der Waals surface area (Å²) in [5.41, 5.74) is 1.59. The van der Waals surface area contributed by atoms with Gasteiger partial charge in [-0.1, -0.05) is 11.6 Å². The van der Waals surface area contributed by atoms with Crippen molar-refractivity contribution in [1.82, 2.24) is 15.3 Å². The Labute approximate surface area is 204 Å². The van der Waals surface area contributed by atoms with Crippen molar-refractivity contribution in [2.75, 3.05) is 36.4 Å². The highest BCUT2D eigenvalue weighted by Crippen LogP contribution is 2.29. The van der Waals surface area contributed by atoms with Crippen molar-refractivity contribution in [2.24, 2.45) is 0 Å². The van der Waals surface area contributed by atoms with Crippen molar-refractivity contribution < 1.29 is 18.3 Å². The number of benzene rings is 3. The average molecular weight is 496 g/mol. The SMILES string of the molecule is O=C(Nc1ccc(Oc2ccc3ncc(N4CCNCC4)nc3c2)c(F)c1)c1ccc(Cl)c(F)c1. The third kappa shape index (κ3) is 5.16. The van der Waals surface area contributed by atoms with Crippen molar-refractivity contribution in [1.29, 1.82) is 0 Å². The number of fused-ring (bicyclic) bond motifs is 1. The standard InChI is InChI=1S/C25H20ClF2N5O2/c26-18-4-1-15(11-19(18)27)25(34)31-16-2-6-23(20(28)12-16)35-17-3-5-21-22(13-17)32-24(14-30-21)33-9-7-29-8-10-33/h1-6,11-14,29H,7-10H2,(H,31,34). The molecule has 5 rings (SSSR count). The highest BCUT2D eigenvalue weighted by molar-refractivity contribution is 6.30. The van der Waals surface area contributed by atoms with Crippen molar-refractivity contribution in [3.8, 4) is 11.5 Å². The van der Waals surface area contributed by atoms with Crippen LogP contribution in [-0.4, -0.2) is 42.1 Å². The first-order valence-corrected chi connectivity index (χ1v) is 11.3. The molecule has 178 valence electrons. The highest BCUT2D eigenvalue weighted by atomic mass is 35.5. The van der Waals surface area contributed by atoms with E-state index < -0.39 is 17.5 Å². The lowest BCUT2D eigenvalue weighted by Gasteiger charge is -2.28. The van der Waals surface area contributed by atoms with Crippen LogP contribution in [0.4, 0.5) is 20.3 Å². The fourth-order valence-corrected chi connectivity index (χ4v) is 3.84. The zero-order chi connectivity index (χ0) is 24.4. The van der Waals surface area contributed by atoms with E-state index in [4.69, 9.17) is 21.3 Å². The van der Waals surface area contributed by atoms with Crippen LogP contribution in [0, 0.1) is 11.6 Å². The number of amides is 1. The lowest BCUT2D eigenvalue weighted by atomic mass is 10.2. The smallest absolute Gasteiger partial charge is 0.255 e. The van der Waals surface area contributed by atoms with Crippen LogP contribution in [0.15, 0.2) is 60.8 Å². The Hall–Kier alpha value is -3.82. The molecule has 1 saturated heterocycles. The number of hydrogen-bond donors (Lipinski definition) is 2. The average Bonchev–Trinajstić information content (AvgIpc) is 2.87. The van der Waals surface area contributed by atoms with E-state index in [-0.39, 0.29) is 22.0 Å². The van der Waals surface area contributed by atoms with E-state index >= 15 is 0 Å². The zero-order valence-corrected chi connectivity index (χ0v) is 19.1. The fraction of sp³-hybridized carbons (Fsp3) is 0.160. The summed E-state index contributed by atoms with van der Waals surface area (Å²) in [5.74, 6) is -0.826. The van der Waals surface area contributed by atoms with Crippen molar-refractivity contribution in [2.45, 2.75) is 0 Å². The van der Waals surface area contributed by atoms with Gasteiger partial charge in [0.2, 0.25) is 0 Å². The van der Waals surface area contributed by atoms with E-state index in [1.54, 1.807) is 24.4 Å². The highest BCUT2D eigenvalue weighted by Gasteiger charge is 2.14. The number of anilines is 2. The second-order valence-electron chi connectivity index (χ2n) is 7.95. The molecule has 3 aromatic carbocycles. The van der Waals surface area contributed by atoms with Gasteiger partial charge in [0.25, 0.3) is 5.91 Å². The minimum Gasteiger partial charge on any atom is -0.454 e. The van der Waals surface area contributed by atoms with Crippen LogP contribution in [0.2, 0.25) is 5.02 Å². The topological polar surface area (TPSA) is 79.4 Å². The summed E-state index contributed by atoms with van der Waals surface area (Å²) >= 11 is 5.64. The van der Waals surface area contributed by atoms with Crippen LogP contribution in [0.3, 0.4) is 0 Å². The number of nitrogens with zero attached hydrogens (tertiary/aromatic N) is 3. The quantitative estimate of drug-likeness (QED) is 0.405. The number of ether oxygens (including phenoxy) is 1. The van der Waals surface area contributed by atoms with Gasteiger partial charge in [-0.3, -0.25) is 9.78 Å². The Morgan fingerprint density at radius 2 is 1.83 bits per heavy atom. The van der Waals surface area contributed by atoms with Gasteiger partial charge >= 0.3 is 0 Å². The molecule has 4 aromatic rings. The fourth-order valence-electron chi connectivity index (χ4n) is 3.72. The number of nitrogens with one attached hydrogen (secondary N) is 2. The maximum Gasteiger partial charge on any atom is 0.255 e. The molecule has 10 heteroatoms. The van der Waals surface area contributed by atoms with E-state index in [0.29, 0.717) is 16.8 Å². The number of carbonyl (C=O) groups excluding carboxylic acids is 1. The first kappa shape index (κ1) is 22.9. The third-order valence-corrected chi connectivity index (χ3v) is 5.85. The Morgan fingerprint density at radius 3 is 2.60 bits per heavy atom. The Kier molecular flexibility index (Phi) is 6.43. The molecule has 2 N–H and O–H groups in total. The van der Waals surface area contributed by atoms with Crippen LogP contribution >= 0.6 is 11.6 Å². The van der Waals surface area contributed by atoms with Gasteiger partial charge in [0.15, 0.2) is 11.6 Å². The third-order valence-electron chi connectivity index (χ3n) is 5.54. The summed E-state index contributed by atoms with van der Waals surface area (Å²) < 4.78 is 34.1. The molecule has 0 bridgehead atoms. The Bertz CT molecular complexity index is 1410. The summed E-state index contributed by atoms with van der Waals surface area (Å²) in [4.78, 5) is 23.7. The number of hydrogen-bond acceptors (Lipinski definition) is 6. The largest absolute Gasteiger partial charge is 0.454 e. The number of aromatic nitrogens is 2. The summed E-state index contributed by atoms with van der Waals surface area (Å²) in [6.45, 7) is 3.46. The lowest BCUT2D eigenvalue weighted by molar-refractivity contribution is 0.102. The molecular formula is C25H20ClF2N5O2. The maximum atomic E-state index is 14.7. The van der Waals surface area contributed by atoms with Gasteiger partial charge in [-0.25, -0.2) is 13.8 Å². The van der Waals surface area contributed by atoms with E-state index in [2.05, 4.69) is 20.5 Å². The molecule has 7 nitrogen and oxygen atoms in total. The number of rotatable bonds is 5. The molecule has 0 spiro atoms. The van der Waals surface area contributed by atoms with Crippen LogP contribution in [0.1, 0.15) is 10.4 Å². The van der Waals surface area contributed by atoms with E-state index in [1.165, 1.54) is 24.3 Å². The lowest BCUT2D eigenvalue weighted by Crippen LogP contribution is -2.43. The normalized spacial score (nSPS) is 13.6. The van der Waals surface area contributed by atoms with Crippen molar-refractivity contribution in [3.63, 3.8) is 0 Å². The van der Waals surface area contributed by atoms with Crippen LogP contribution < -0.4 is 20.3 Å². The number of halogens is 3. The van der Waals surface area contributed by atoms with Gasteiger partial charge in [0.1, 0.15) is 17.4 Å². The molecule has 0 atom stereocenters. The molecule has 1 aliphatic heterocycles. The molecule has 1 aliphatic rings. The first-order chi connectivity index (χ1) is 17.0.